The first-order valence-electron chi connectivity index (χ1n) is 9.07. The Morgan fingerprint density at radius 3 is 2.80 bits per heavy atom. The number of rotatable bonds is 2. The maximum atomic E-state index is 10.3. The second-order valence-electron chi connectivity index (χ2n) is 7.15. The predicted molar refractivity (Wildman–Crippen MR) is 96.7 cm³/mol. The summed E-state index contributed by atoms with van der Waals surface area (Å²) in [7, 11) is 0. The van der Waals surface area contributed by atoms with Crippen LogP contribution in [0.5, 0.6) is 0 Å². The van der Waals surface area contributed by atoms with Crippen molar-refractivity contribution in [2.75, 3.05) is 5.32 Å². The van der Waals surface area contributed by atoms with Crippen LogP contribution in [0.3, 0.4) is 0 Å². The van der Waals surface area contributed by atoms with E-state index in [1.807, 2.05) is 24.3 Å². The fourth-order valence-corrected chi connectivity index (χ4v) is 4.52. The number of para-hydroxylation sites is 2. The number of imidazole rings is 1. The van der Waals surface area contributed by atoms with Crippen LogP contribution in [0, 0.1) is 11.3 Å². The van der Waals surface area contributed by atoms with E-state index >= 15 is 0 Å². The fourth-order valence-electron chi connectivity index (χ4n) is 4.52. The molecule has 0 unspecified atom stereocenters. The van der Waals surface area contributed by atoms with Crippen molar-refractivity contribution in [3.8, 4) is 6.07 Å². The minimum atomic E-state index is -0.308. The summed E-state index contributed by atoms with van der Waals surface area (Å²) in [6, 6.07) is 10.5. The van der Waals surface area contributed by atoms with Gasteiger partial charge in [-0.2, -0.15) is 5.26 Å². The van der Waals surface area contributed by atoms with Crippen LogP contribution in [-0.2, 0) is 12.8 Å². The number of aromatic nitrogens is 2. The van der Waals surface area contributed by atoms with Crippen LogP contribution in [-0.4, -0.2) is 26.6 Å². The summed E-state index contributed by atoms with van der Waals surface area (Å²) in [6.45, 7) is 0. The Morgan fingerprint density at radius 1 is 1.16 bits per heavy atom. The van der Waals surface area contributed by atoms with Crippen molar-refractivity contribution in [3.05, 3.63) is 41.0 Å². The first kappa shape index (κ1) is 14.7. The lowest BCUT2D eigenvalue weighted by Crippen LogP contribution is -2.29. The van der Waals surface area contributed by atoms with Crippen molar-refractivity contribution in [2.45, 2.75) is 50.7 Å². The molecule has 2 aliphatic carbocycles. The second kappa shape index (κ2) is 5.47. The molecule has 5 rings (SSSR count). The summed E-state index contributed by atoms with van der Waals surface area (Å²) in [5.41, 5.74) is 5.73. The number of nitrogens with one attached hydrogen (secondary N) is 1. The zero-order valence-corrected chi connectivity index (χ0v) is 14.0. The molecule has 0 saturated heterocycles. The van der Waals surface area contributed by atoms with Crippen molar-refractivity contribution in [3.63, 3.8) is 0 Å². The average molecular weight is 332 g/mol. The second-order valence-corrected chi connectivity index (χ2v) is 7.15. The Balaban J connectivity index is 1.84. The molecule has 2 aliphatic rings. The number of fused-ring (bicyclic) bond motifs is 4. The number of nitrogens with zero attached hydrogens (tertiary/aromatic N) is 3. The first-order valence-corrected chi connectivity index (χ1v) is 9.07. The molecule has 2 N–H and O–H groups in total. The van der Waals surface area contributed by atoms with Crippen molar-refractivity contribution in [1.29, 1.82) is 5.26 Å². The van der Waals surface area contributed by atoms with Crippen LogP contribution in [0.4, 0.5) is 5.82 Å². The summed E-state index contributed by atoms with van der Waals surface area (Å²) in [5, 5.41) is 23.7. The van der Waals surface area contributed by atoms with Gasteiger partial charge in [-0.3, -0.25) is 4.40 Å². The van der Waals surface area contributed by atoms with Crippen LogP contribution >= 0.6 is 0 Å². The monoisotopic (exact) mass is 332 g/mol. The number of aliphatic hydroxyl groups is 1. The highest BCUT2D eigenvalue weighted by molar-refractivity contribution is 5.86. The largest absolute Gasteiger partial charge is 0.391 e. The van der Waals surface area contributed by atoms with Crippen molar-refractivity contribution in [2.24, 2.45) is 0 Å². The van der Waals surface area contributed by atoms with E-state index in [-0.39, 0.29) is 12.1 Å². The number of benzene rings is 1. The highest BCUT2D eigenvalue weighted by Gasteiger charge is 2.30. The van der Waals surface area contributed by atoms with Crippen molar-refractivity contribution in [1.82, 2.24) is 9.38 Å². The minimum Gasteiger partial charge on any atom is -0.391 e. The highest BCUT2D eigenvalue weighted by Crippen LogP contribution is 2.37. The zero-order valence-electron chi connectivity index (χ0n) is 14.0. The van der Waals surface area contributed by atoms with Gasteiger partial charge in [0.2, 0.25) is 0 Å². The van der Waals surface area contributed by atoms with Gasteiger partial charge in [-0.05, 0) is 61.8 Å². The molecule has 1 fully saturated rings. The van der Waals surface area contributed by atoms with E-state index in [9.17, 15) is 10.4 Å². The predicted octanol–water partition coefficient (Wildman–Crippen LogP) is 3.17. The topological polar surface area (TPSA) is 73.3 Å². The smallest absolute Gasteiger partial charge is 0.157 e. The van der Waals surface area contributed by atoms with Gasteiger partial charge in [0, 0.05) is 0 Å². The lowest BCUT2D eigenvalue weighted by molar-refractivity contribution is 0.171. The lowest BCUT2D eigenvalue weighted by Gasteiger charge is -2.22. The quantitative estimate of drug-likeness (QED) is 0.756. The fraction of sp³-hybridized carbons (Fsp3) is 0.400. The molecule has 0 amide bonds. The minimum absolute atomic E-state index is 0.0713. The van der Waals surface area contributed by atoms with Gasteiger partial charge in [-0.15, -0.1) is 0 Å². The Bertz CT molecular complexity index is 1030. The third-order valence-corrected chi connectivity index (χ3v) is 5.73. The maximum Gasteiger partial charge on any atom is 0.157 e. The zero-order chi connectivity index (χ0) is 17.0. The number of aliphatic hydroxyl groups excluding tert-OH is 1. The van der Waals surface area contributed by atoms with Gasteiger partial charge < -0.3 is 10.4 Å². The summed E-state index contributed by atoms with van der Waals surface area (Å²) in [5.74, 6) is 1.03. The Hall–Kier alpha value is -2.58. The molecule has 25 heavy (non-hydrogen) atoms. The van der Waals surface area contributed by atoms with Crippen molar-refractivity contribution >= 4 is 22.5 Å². The van der Waals surface area contributed by atoms with Gasteiger partial charge in [0.15, 0.2) is 5.65 Å². The molecular weight excluding hydrogens is 312 g/mol. The van der Waals surface area contributed by atoms with Crippen molar-refractivity contribution < 1.29 is 5.11 Å². The molecule has 0 spiro atoms. The Labute approximate surface area is 145 Å². The molecule has 0 radical (unpaired) electrons. The van der Waals surface area contributed by atoms with E-state index < -0.39 is 0 Å². The van der Waals surface area contributed by atoms with E-state index in [0.29, 0.717) is 5.56 Å². The molecular formula is C20H20N4O. The van der Waals surface area contributed by atoms with E-state index in [2.05, 4.69) is 15.8 Å². The standard InChI is InChI=1S/C20H20N4O/c21-11-14-12-5-3-6-13(12)19(23-16-8-4-10-18(16)25)24-17-9-2-1-7-15(17)22-20(14)24/h1-2,7,9,16,18,23,25H,3-6,8,10H2/t16-,18+/m1/s1. The number of pyridine rings is 1. The van der Waals surface area contributed by atoms with E-state index in [1.165, 1.54) is 5.56 Å². The molecule has 5 heteroatoms. The lowest BCUT2D eigenvalue weighted by atomic mass is 10.1. The van der Waals surface area contributed by atoms with Crippen LogP contribution in [0.15, 0.2) is 24.3 Å². The van der Waals surface area contributed by atoms with E-state index in [0.717, 1.165) is 66.6 Å². The van der Waals surface area contributed by atoms with Gasteiger partial charge in [-0.1, -0.05) is 12.1 Å². The molecule has 0 aliphatic heterocycles. The van der Waals surface area contributed by atoms with Gasteiger partial charge >= 0.3 is 0 Å². The van der Waals surface area contributed by atoms with Crippen LogP contribution in [0.25, 0.3) is 16.7 Å². The molecule has 5 nitrogen and oxygen atoms in total. The molecule has 3 aromatic rings. The molecule has 126 valence electrons. The number of hydrogen-bond acceptors (Lipinski definition) is 4. The average Bonchev–Trinajstić information content (AvgIpc) is 3.33. The van der Waals surface area contributed by atoms with E-state index in [1.54, 1.807) is 0 Å². The maximum absolute atomic E-state index is 10.3. The van der Waals surface area contributed by atoms with Gasteiger partial charge in [0.05, 0.1) is 28.7 Å². The molecule has 2 aromatic heterocycles. The van der Waals surface area contributed by atoms with Crippen LogP contribution < -0.4 is 5.32 Å². The Morgan fingerprint density at radius 2 is 2.00 bits per heavy atom. The van der Waals surface area contributed by atoms with Gasteiger partial charge in [0.1, 0.15) is 11.9 Å². The summed E-state index contributed by atoms with van der Waals surface area (Å²) in [4.78, 5) is 4.76. The third-order valence-electron chi connectivity index (χ3n) is 5.73. The number of hydrogen-bond donors (Lipinski definition) is 2. The summed E-state index contributed by atoms with van der Waals surface area (Å²) >= 11 is 0. The van der Waals surface area contributed by atoms with Gasteiger partial charge in [-0.25, -0.2) is 4.98 Å². The third kappa shape index (κ3) is 2.07. The highest BCUT2D eigenvalue weighted by atomic mass is 16.3. The SMILES string of the molecule is N#Cc1c2c(c(N[C@@H]3CCC[C@@H]3O)n3c1nc1ccccc13)CCC2. The van der Waals surface area contributed by atoms with Crippen LogP contribution in [0.2, 0.25) is 0 Å². The molecule has 1 aromatic carbocycles. The summed E-state index contributed by atoms with van der Waals surface area (Å²) in [6.07, 6.45) is 5.53. The summed E-state index contributed by atoms with van der Waals surface area (Å²) < 4.78 is 2.10. The van der Waals surface area contributed by atoms with Gasteiger partial charge in [0.25, 0.3) is 0 Å². The molecule has 2 heterocycles. The normalized spacial score (nSPS) is 22.4. The van der Waals surface area contributed by atoms with E-state index in [4.69, 9.17) is 4.98 Å². The van der Waals surface area contributed by atoms with Crippen LogP contribution in [0.1, 0.15) is 42.4 Å². The number of anilines is 1. The first-order chi connectivity index (χ1) is 12.3. The molecule has 0 bridgehead atoms. The molecule has 2 atom stereocenters. The Kier molecular flexibility index (Phi) is 3.22. The number of nitriles is 1. The molecule has 1 saturated carbocycles.